The lowest BCUT2D eigenvalue weighted by Gasteiger charge is -2.13. The molecule has 94 valence electrons. The molecule has 1 atom stereocenters. The van der Waals surface area contributed by atoms with Crippen LogP contribution in [0.4, 0.5) is 0 Å². The molecule has 6 nitrogen and oxygen atoms in total. The molecule has 6 heteroatoms. The van der Waals surface area contributed by atoms with Gasteiger partial charge in [-0.2, -0.15) is 5.10 Å². The summed E-state index contributed by atoms with van der Waals surface area (Å²) in [5, 5.41) is 6.83. The summed E-state index contributed by atoms with van der Waals surface area (Å²) >= 11 is 0. The van der Waals surface area contributed by atoms with Gasteiger partial charge in [-0.25, -0.2) is 0 Å². The molecule has 0 saturated carbocycles. The van der Waals surface area contributed by atoms with Crippen molar-refractivity contribution in [2.24, 2.45) is 5.73 Å². The zero-order valence-electron chi connectivity index (χ0n) is 9.80. The number of nitrogens with one attached hydrogen (secondary N) is 1. The summed E-state index contributed by atoms with van der Waals surface area (Å²) in [5.41, 5.74) is 6.89. The van der Waals surface area contributed by atoms with Crippen LogP contribution in [0.3, 0.4) is 0 Å². The van der Waals surface area contributed by atoms with Gasteiger partial charge in [0.25, 0.3) is 5.91 Å². The first-order valence-electron chi connectivity index (χ1n) is 5.88. The van der Waals surface area contributed by atoms with E-state index in [1.54, 1.807) is 23.3 Å². The SMILES string of the molecule is N[C@@H]1CCN(C(=O)c2cc(-c3ccco3)[nH]n2)C1. The first-order chi connectivity index (χ1) is 8.74. The van der Waals surface area contributed by atoms with Crippen LogP contribution >= 0.6 is 0 Å². The average Bonchev–Trinajstić information content (AvgIpc) is 3.09. The van der Waals surface area contributed by atoms with Gasteiger partial charge in [0, 0.05) is 25.2 Å². The third-order valence-corrected chi connectivity index (χ3v) is 3.10. The second kappa shape index (κ2) is 4.30. The van der Waals surface area contributed by atoms with Crippen LogP contribution in [0.5, 0.6) is 0 Å². The summed E-state index contributed by atoms with van der Waals surface area (Å²) in [6.07, 6.45) is 2.43. The molecule has 1 amide bonds. The highest BCUT2D eigenvalue weighted by atomic mass is 16.3. The van der Waals surface area contributed by atoms with Crippen LogP contribution in [0.1, 0.15) is 16.9 Å². The zero-order chi connectivity index (χ0) is 12.5. The van der Waals surface area contributed by atoms with E-state index < -0.39 is 0 Å². The number of aromatic nitrogens is 2. The minimum Gasteiger partial charge on any atom is -0.463 e. The van der Waals surface area contributed by atoms with Crippen molar-refractivity contribution < 1.29 is 9.21 Å². The fraction of sp³-hybridized carbons (Fsp3) is 0.333. The van der Waals surface area contributed by atoms with Crippen LogP contribution in [-0.2, 0) is 0 Å². The molecule has 3 N–H and O–H groups in total. The van der Waals surface area contributed by atoms with Crippen molar-refractivity contribution in [3.63, 3.8) is 0 Å². The maximum Gasteiger partial charge on any atom is 0.274 e. The highest BCUT2D eigenvalue weighted by Gasteiger charge is 2.26. The van der Waals surface area contributed by atoms with Crippen molar-refractivity contribution in [1.82, 2.24) is 15.1 Å². The molecule has 0 unspecified atom stereocenters. The summed E-state index contributed by atoms with van der Waals surface area (Å²) < 4.78 is 5.24. The van der Waals surface area contributed by atoms with Crippen molar-refractivity contribution >= 4 is 5.91 Å². The molecule has 0 radical (unpaired) electrons. The molecule has 3 rings (SSSR count). The fourth-order valence-corrected chi connectivity index (χ4v) is 2.12. The Morgan fingerprint density at radius 3 is 3.17 bits per heavy atom. The van der Waals surface area contributed by atoms with Gasteiger partial charge in [0.1, 0.15) is 5.69 Å². The number of hydrogen-bond acceptors (Lipinski definition) is 4. The number of carbonyl (C=O) groups is 1. The molecule has 18 heavy (non-hydrogen) atoms. The Hall–Kier alpha value is -2.08. The first-order valence-corrected chi connectivity index (χ1v) is 5.88. The number of H-pyrrole nitrogens is 1. The second-order valence-electron chi connectivity index (χ2n) is 4.44. The highest BCUT2D eigenvalue weighted by Crippen LogP contribution is 2.19. The third-order valence-electron chi connectivity index (χ3n) is 3.10. The molecule has 1 aliphatic heterocycles. The van der Waals surface area contributed by atoms with E-state index in [4.69, 9.17) is 10.2 Å². The van der Waals surface area contributed by atoms with Crippen LogP contribution < -0.4 is 5.73 Å². The number of aromatic amines is 1. The number of nitrogens with zero attached hydrogens (tertiary/aromatic N) is 2. The Labute approximate surface area is 104 Å². The Morgan fingerprint density at radius 1 is 1.61 bits per heavy atom. The smallest absolute Gasteiger partial charge is 0.274 e. The molecular formula is C12H14N4O2. The minimum atomic E-state index is -0.0861. The van der Waals surface area contributed by atoms with Crippen LogP contribution in [0.15, 0.2) is 28.9 Å². The number of nitrogens with two attached hydrogens (primary N) is 1. The van der Waals surface area contributed by atoms with Crippen LogP contribution in [-0.4, -0.2) is 40.1 Å². The third kappa shape index (κ3) is 1.91. The van der Waals surface area contributed by atoms with Gasteiger partial charge >= 0.3 is 0 Å². The fourth-order valence-electron chi connectivity index (χ4n) is 2.12. The van der Waals surface area contributed by atoms with Gasteiger partial charge in [-0.1, -0.05) is 0 Å². The Balaban J connectivity index is 1.79. The second-order valence-corrected chi connectivity index (χ2v) is 4.44. The standard InChI is InChI=1S/C12H14N4O2/c13-8-3-4-16(7-8)12(17)10-6-9(14-15-10)11-2-1-5-18-11/h1-2,5-6,8H,3-4,7,13H2,(H,14,15)/t8-/m1/s1. The van der Waals surface area contributed by atoms with Gasteiger partial charge in [0.05, 0.1) is 6.26 Å². The summed E-state index contributed by atoms with van der Waals surface area (Å²) in [4.78, 5) is 13.9. The molecule has 1 aliphatic rings. The quantitative estimate of drug-likeness (QED) is 0.822. The van der Waals surface area contributed by atoms with Crippen molar-refractivity contribution in [1.29, 1.82) is 0 Å². The van der Waals surface area contributed by atoms with E-state index in [0.717, 1.165) is 6.42 Å². The van der Waals surface area contributed by atoms with Crippen molar-refractivity contribution in [2.75, 3.05) is 13.1 Å². The lowest BCUT2D eigenvalue weighted by atomic mass is 10.3. The lowest BCUT2D eigenvalue weighted by molar-refractivity contribution is 0.0785. The molecule has 1 fully saturated rings. The summed E-state index contributed by atoms with van der Waals surface area (Å²) in [6.45, 7) is 1.30. The molecule has 1 saturated heterocycles. The normalized spacial score (nSPS) is 19.4. The van der Waals surface area contributed by atoms with Gasteiger partial charge in [0.15, 0.2) is 11.5 Å². The average molecular weight is 246 g/mol. The van der Waals surface area contributed by atoms with E-state index in [0.29, 0.717) is 30.2 Å². The van der Waals surface area contributed by atoms with Crippen LogP contribution in [0.25, 0.3) is 11.5 Å². The number of carbonyl (C=O) groups excluding carboxylic acids is 1. The molecule has 2 aromatic heterocycles. The van der Waals surface area contributed by atoms with E-state index in [1.165, 1.54) is 0 Å². The number of furan rings is 1. The Morgan fingerprint density at radius 2 is 2.50 bits per heavy atom. The largest absolute Gasteiger partial charge is 0.463 e. The number of likely N-dealkylation sites (tertiary alicyclic amines) is 1. The number of amides is 1. The van der Waals surface area contributed by atoms with E-state index in [1.807, 2.05) is 6.07 Å². The zero-order valence-corrected chi connectivity index (χ0v) is 9.80. The lowest BCUT2D eigenvalue weighted by Crippen LogP contribution is -2.32. The Kier molecular flexibility index (Phi) is 2.64. The maximum atomic E-state index is 12.1. The molecule has 0 aliphatic carbocycles. The van der Waals surface area contributed by atoms with E-state index in [9.17, 15) is 4.79 Å². The number of hydrogen-bond donors (Lipinski definition) is 2. The monoisotopic (exact) mass is 246 g/mol. The topological polar surface area (TPSA) is 88.1 Å². The molecule has 2 aromatic rings. The van der Waals surface area contributed by atoms with Crippen molar-refractivity contribution in [3.05, 3.63) is 30.2 Å². The van der Waals surface area contributed by atoms with Gasteiger partial charge in [-0.05, 0) is 18.6 Å². The molecular weight excluding hydrogens is 232 g/mol. The van der Waals surface area contributed by atoms with E-state index >= 15 is 0 Å². The Bertz CT molecular complexity index is 546. The predicted octanol–water partition coefficient (Wildman–Crippen LogP) is 0.843. The van der Waals surface area contributed by atoms with E-state index in [-0.39, 0.29) is 11.9 Å². The van der Waals surface area contributed by atoms with Gasteiger partial charge in [-0.15, -0.1) is 0 Å². The van der Waals surface area contributed by atoms with Gasteiger partial charge < -0.3 is 15.1 Å². The predicted molar refractivity (Wildman–Crippen MR) is 64.8 cm³/mol. The van der Waals surface area contributed by atoms with Crippen molar-refractivity contribution in [2.45, 2.75) is 12.5 Å². The van der Waals surface area contributed by atoms with Gasteiger partial charge in [-0.3, -0.25) is 9.89 Å². The minimum absolute atomic E-state index is 0.0810. The molecule has 0 aromatic carbocycles. The molecule has 3 heterocycles. The van der Waals surface area contributed by atoms with Crippen LogP contribution in [0, 0.1) is 0 Å². The maximum absolute atomic E-state index is 12.1. The van der Waals surface area contributed by atoms with Crippen LogP contribution in [0.2, 0.25) is 0 Å². The first kappa shape index (κ1) is 11.0. The molecule has 0 bridgehead atoms. The molecule has 0 spiro atoms. The number of rotatable bonds is 2. The summed E-state index contributed by atoms with van der Waals surface area (Å²) in [6, 6.07) is 5.38. The van der Waals surface area contributed by atoms with Gasteiger partial charge in [0.2, 0.25) is 0 Å². The highest BCUT2D eigenvalue weighted by molar-refractivity contribution is 5.93. The summed E-state index contributed by atoms with van der Waals surface area (Å²) in [7, 11) is 0. The summed E-state index contributed by atoms with van der Waals surface area (Å²) in [5.74, 6) is 0.580. The van der Waals surface area contributed by atoms with Crippen molar-refractivity contribution in [3.8, 4) is 11.5 Å². The van der Waals surface area contributed by atoms with E-state index in [2.05, 4.69) is 10.2 Å².